The fourth-order valence-electron chi connectivity index (χ4n) is 2.47. The lowest BCUT2D eigenvalue weighted by Crippen LogP contribution is -2.28. The second-order valence-corrected chi connectivity index (χ2v) is 3.87. The van der Waals surface area contributed by atoms with Gasteiger partial charge in [-0.3, -0.25) is 4.79 Å². The minimum absolute atomic E-state index is 0.325. The van der Waals surface area contributed by atoms with E-state index in [-0.39, 0.29) is 0 Å². The van der Waals surface area contributed by atoms with Gasteiger partial charge in [-0.05, 0) is 12.3 Å². The molecule has 1 fully saturated rings. The van der Waals surface area contributed by atoms with E-state index in [1.807, 2.05) is 0 Å². The van der Waals surface area contributed by atoms with E-state index in [0.29, 0.717) is 17.1 Å². The highest BCUT2D eigenvalue weighted by Gasteiger charge is 2.47. The first-order chi connectivity index (χ1) is 5.27. The second kappa shape index (κ2) is 2.20. The van der Waals surface area contributed by atoms with Crippen molar-refractivity contribution in [2.75, 3.05) is 0 Å². The molecule has 2 atom stereocenters. The van der Waals surface area contributed by atoms with E-state index in [4.69, 9.17) is 0 Å². The maximum atomic E-state index is 11.1. The van der Waals surface area contributed by atoms with Crippen LogP contribution in [0.2, 0.25) is 0 Å². The van der Waals surface area contributed by atoms with E-state index in [0.717, 1.165) is 12.8 Å². The van der Waals surface area contributed by atoms with E-state index >= 15 is 0 Å². The van der Waals surface area contributed by atoms with Crippen LogP contribution in [0.15, 0.2) is 12.2 Å². The quantitative estimate of drug-likeness (QED) is 0.552. The molecule has 11 heavy (non-hydrogen) atoms. The van der Waals surface area contributed by atoms with E-state index in [1.165, 1.54) is 12.8 Å². The zero-order valence-corrected chi connectivity index (χ0v) is 6.97. The van der Waals surface area contributed by atoms with Gasteiger partial charge in [-0.1, -0.05) is 25.5 Å². The van der Waals surface area contributed by atoms with Crippen molar-refractivity contribution >= 4 is 5.78 Å². The van der Waals surface area contributed by atoms with Gasteiger partial charge in [0.25, 0.3) is 0 Å². The highest BCUT2D eigenvalue weighted by Crippen LogP contribution is 2.53. The molecule has 1 heteroatoms. The van der Waals surface area contributed by atoms with Gasteiger partial charge in [0.1, 0.15) is 5.78 Å². The Kier molecular flexibility index (Phi) is 1.41. The number of carbonyl (C=O) groups is 1. The van der Waals surface area contributed by atoms with Crippen molar-refractivity contribution < 1.29 is 4.79 Å². The summed E-state index contributed by atoms with van der Waals surface area (Å²) in [5.41, 5.74) is 0.325. The molecule has 0 spiro atoms. The van der Waals surface area contributed by atoms with Gasteiger partial charge in [-0.2, -0.15) is 0 Å². The van der Waals surface area contributed by atoms with Gasteiger partial charge in [0, 0.05) is 18.3 Å². The number of fused-ring (bicyclic) bond motifs is 1. The fourth-order valence-corrected chi connectivity index (χ4v) is 2.47. The monoisotopic (exact) mass is 150 g/mol. The molecule has 60 valence electrons. The van der Waals surface area contributed by atoms with Crippen LogP contribution in [0.1, 0.15) is 32.6 Å². The van der Waals surface area contributed by atoms with Gasteiger partial charge in [0.05, 0.1) is 0 Å². The molecule has 0 radical (unpaired) electrons. The third-order valence-corrected chi connectivity index (χ3v) is 3.09. The van der Waals surface area contributed by atoms with Gasteiger partial charge in [-0.25, -0.2) is 0 Å². The third-order valence-electron chi connectivity index (χ3n) is 3.09. The Balaban J connectivity index is 2.14. The molecular weight excluding hydrogens is 136 g/mol. The predicted octanol–water partition coefficient (Wildman–Crippen LogP) is 2.32. The summed E-state index contributed by atoms with van der Waals surface area (Å²) in [6.07, 6.45) is 8.51. The van der Waals surface area contributed by atoms with Gasteiger partial charge in [-0.15, -0.1) is 0 Å². The van der Waals surface area contributed by atoms with Crippen molar-refractivity contribution in [1.82, 2.24) is 0 Å². The van der Waals surface area contributed by atoms with Crippen molar-refractivity contribution in [1.29, 1.82) is 0 Å². The Labute approximate surface area is 67.5 Å². The molecule has 0 aromatic heterocycles. The number of ketones is 1. The first kappa shape index (κ1) is 7.08. The number of rotatable bonds is 2. The van der Waals surface area contributed by atoms with E-state index in [9.17, 15) is 4.79 Å². The van der Waals surface area contributed by atoms with E-state index < -0.39 is 0 Å². The lowest BCUT2D eigenvalue weighted by molar-refractivity contribution is -0.117. The summed E-state index contributed by atoms with van der Waals surface area (Å²) < 4.78 is 0. The molecule has 0 N–H and O–H groups in total. The number of hydrogen-bond acceptors (Lipinski definition) is 1. The molecule has 0 unspecified atom stereocenters. The van der Waals surface area contributed by atoms with Crippen LogP contribution in [0.25, 0.3) is 0 Å². The molecule has 2 aliphatic rings. The molecule has 0 bridgehead atoms. The average Bonchev–Trinajstić information content (AvgIpc) is 2.15. The summed E-state index contributed by atoms with van der Waals surface area (Å²) in [6.45, 7) is 2.20. The van der Waals surface area contributed by atoms with Crippen LogP contribution in [-0.4, -0.2) is 5.78 Å². The summed E-state index contributed by atoms with van der Waals surface area (Å²) in [7, 11) is 0. The van der Waals surface area contributed by atoms with Crippen molar-refractivity contribution in [3.8, 4) is 0 Å². The highest BCUT2D eigenvalue weighted by molar-refractivity contribution is 5.83. The highest BCUT2D eigenvalue weighted by atomic mass is 16.1. The molecule has 0 aromatic carbocycles. The number of Topliss-reactive ketones (excluding diaryl/α,β-unsaturated/α-hetero) is 1. The minimum Gasteiger partial charge on any atom is -0.300 e. The number of allylic oxidation sites excluding steroid dienone is 2. The largest absolute Gasteiger partial charge is 0.300 e. The zero-order chi connectivity index (χ0) is 7.90. The average molecular weight is 150 g/mol. The Bertz CT molecular complexity index is 217. The molecule has 2 aliphatic carbocycles. The first-order valence-electron chi connectivity index (χ1n) is 4.48. The van der Waals surface area contributed by atoms with Crippen LogP contribution in [0.5, 0.6) is 0 Å². The topological polar surface area (TPSA) is 17.1 Å². The molecular formula is C10H14O. The molecule has 0 aliphatic heterocycles. The Morgan fingerprint density at radius 2 is 2.55 bits per heavy atom. The summed E-state index contributed by atoms with van der Waals surface area (Å²) >= 11 is 0. The molecule has 0 aromatic rings. The Morgan fingerprint density at radius 3 is 3.00 bits per heavy atom. The predicted molar refractivity (Wildman–Crippen MR) is 44.2 cm³/mol. The summed E-state index contributed by atoms with van der Waals surface area (Å²) in [5.74, 6) is 1.07. The molecule has 1 nitrogen and oxygen atoms in total. The van der Waals surface area contributed by atoms with Crippen LogP contribution in [-0.2, 0) is 4.79 Å². The SMILES string of the molecule is CCC[C@@]12C=C[C@@H]1CC(=O)C2. The normalized spacial score (nSPS) is 40.5. The van der Waals surface area contributed by atoms with Crippen molar-refractivity contribution in [3.63, 3.8) is 0 Å². The van der Waals surface area contributed by atoms with Crippen LogP contribution in [0.3, 0.4) is 0 Å². The second-order valence-electron chi connectivity index (χ2n) is 3.87. The van der Waals surface area contributed by atoms with Gasteiger partial charge in [0.2, 0.25) is 0 Å². The lowest BCUT2D eigenvalue weighted by Gasteiger charge is -2.37. The summed E-state index contributed by atoms with van der Waals surface area (Å²) in [4.78, 5) is 11.1. The molecule has 1 saturated carbocycles. The van der Waals surface area contributed by atoms with Gasteiger partial charge in [0.15, 0.2) is 0 Å². The van der Waals surface area contributed by atoms with E-state index in [1.54, 1.807) is 0 Å². The maximum absolute atomic E-state index is 11.1. The summed E-state index contributed by atoms with van der Waals surface area (Å²) in [6, 6.07) is 0. The molecule has 0 heterocycles. The minimum atomic E-state index is 0.325. The number of hydrogen-bond donors (Lipinski definition) is 0. The van der Waals surface area contributed by atoms with Crippen molar-refractivity contribution in [2.45, 2.75) is 32.6 Å². The Hall–Kier alpha value is -0.590. The zero-order valence-electron chi connectivity index (χ0n) is 6.97. The van der Waals surface area contributed by atoms with Crippen LogP contribution < -0.4 is 0 Å². The number of carbonyl (C=O) groups excluding carboxylic acids is 1. The fraction of sp³-hybridized carbons (Fsp3) is 0.700. The molecule has 2 rings (SSSR count). The van der Waals surface area contributed by atoms with E-state index in [2.05, 4.69) is 19.1 Å². The standard InChI is InChI=1S/C10H14O/c1-2-4-10-5-3-8(10)6-9(11)7-10/h3,5,8H,2,4,6-7H2,1H3/t8-,10+/m1/s1. The lowest BCUT2D eigenvalue weighted by atomic mass is 9.67. The summed E-state index contributed by atoms with van der Waals surface area (Å²) in [5, 5.41) is 0. The third kappa shape index (κ3) is 0.867. The van der Waals surface area contributed by atoms with Gasteiger partial charge >= 0.3 is 0 Å². The maximum Gasteiger partial charge on any atom is 0.134 e. The van der Waals surface area contributed by atoms with Crippen LogP contribution in [0.4, 0.5) is 0 Å². The smallest absolute Gasteiger partial charge is 0.134 e. The van der Waals surface area contributed by atoms with Crippen molar-refractivity contribution in [3.05, 3.63) is 12.2 Å². The van der Waals surface area contributed by atoms with Crippen LogP contribution >= 0.6 is 0 Å². The van der Waals surface area contributed by atoms with Gasteiger partial charge < -0.3 is 0 Å². The molecule has 0 saturated heterocycles. The molecule has 0 amide bonds. The Morgan fingerprint density at radius 1 is 1.73 bits per heavy atom. The van der Waals surface area contributed by atoms with Crippen LogP contribution in [0, 0.1) is 11.3 Å². The van der Waals surface area contributed by atoms with Crippen molar-refractivity contribution in [2.24, 2.45) is 11.3 Å². The first-order valence-corrected chi connectivity index (χ1v) is 4.48.